The summed E-state index contributed by atoms with van der Waals surface area (Å²) in [5.41, 5.74) is 4.96. The van der Waals surface area contributed by atoms with Gasteiger partial charge in [0, 0.05) is 17.0 Å². The SMILES string of the molecule is COc1ccc(-n2c(SCc3ccc(C#N)cc3)nnc2-c2ccc(C)cc2)cc1. The summed E-state index contributed by atoms with van der Waals surface area (Å²) in [6.07, 6.45) is 0. The molecule has 30 heavy (non-hydrogen) atoms. The average Bonchev–Trinajstić information content (AvgIpc) is 3.22. The lowest BCUT2D eigenvalue weighted by Gasteiger charge is -2.11. The lowest BCUT2D eigenvalue weighted by atomic mass is 10.1. The highest BCUT2D eigenvalue weighted by atomic mass is 32.2. The van der Waals surface area contributed by atoms with Gasteiger partial charge in [0.15, 0.2) is 11.0 Å². The number of nitrogens with zero attached hydrogens (tertiary/aromatic N) is 4. The first-order chi connectivity index (χ1) is 14.7. The fourth-order valence-corrected chi connectivity index (χ4v) is 3.95. The topological polar surface area (TPSA) is 63.7 Å². The zero-order valence-electron chi connectivity index (χ0n) is 16.7. The molecule has 4 aromatic rings. The van der Waals surface area contributed by atoms with E-state index in [2.05, 4.69) is 52.0 Å². The van der Waals surface area contributed by atoms with E-state index >= 15 is 0 Å². The van der Waals surface area contributed by atoms with Crippen molar-refractivity contribution in [3.8, 4) is 28.9 Å². The van der Waals surface area contributed by atoms with E-state index < -0.39 is 0 Å². The van der Waals surface area contributed by atoms with Crippen LogP contribution in [0, 0.1) is 18.3 Å². The zero-order valence-corrected chi connectivity index (χ0v) is 17.6. The van der Waals surface area contributed by atoms with Gasteiger partial charge < -0.3 is 4.74 Å². The van der Waals surface area contributed by atoms with Crippen molar-refractivity contribution >= 4 is 11.8 Å². The van der Waals surface area contributed by atoms with Crippen molar-refractivity contribution in [2.45, 2.75) is 17.8 Å². The van der Waals surface area contributed by atoms with E-state index in [4.69, 9.17) is 10.00 Å². The summed E-state index contributed by atoms with van der Waals surface area (Å²) in [6, 6.07) is 25.9. The van der Waals surface area contributed by atoms with Crippen LogP contribution in [0.15, 0.2) is 78.0 Å². The maximum absolute atomic E-state index is 8.98. The van der Waals surface area contributed by atoms with Gasteiger partial charge in [-0.05, 0) is 48.9 Å². The molecule has 6 heteroatoms. The Balaban J connectivity index is 1.70. The summed E-state index contributed by atoms with van der Waals surface area (Å²) in [5.74, 6) is 2.33. The second-order valence-corrected chi connectivity index (χ2v) is 7.75. The number of rotatable bonds is 6. The Kier molecular flexibility index (Phi) is 5.82. The molecule has 0 radical (unpaired) electrons. The third kappa shape index (κ3) is 4.22. The first kappa shape index (κ1) is 19.7. The van der Waals surface area contributed by atoms with Crippen molar-refractivity contribution in [3.05, 3.63) is 89.5 Å². The van der Waals surface area contributed by atoms with Crippen LogP contribution in [-0.2, 0) is 5.75 Å². The summed E-state index contributed by atoms with van der Waals surface area (Å²) >= 11 is 1.61. The molecule has 0 atom stereocenters. The Hall–Kier alpha value is -3.56. The Labute approximate surface area is 180 Å². The van der Waals surface area contributed by atoms with Gasteiger partial charge in [0.1, 0.15) is 5.75 Å². The maximum Gasteiger partial charge on any atom is 0.196 e. The predicted molar refractivity (Wildman–Crippen MR) is 119 cm³/mol. The van der Waals surface area contributed by atoms with Gasteiger partial charge in [-0.2, -0.15) is 5.26 Å². The van der Waals surface area contributed by atoms with Gasteiger partial charge >= 0.3 is 0 Å². The molecule has 1 heterocycles. The molecule has 0 amide bonds. The molecule has 0 aliphatic rings. The third-order valence-corrected chi connectivity index (χ3v) is 5.72. The van der Waals surface area contributed by atoms with Crippen molar-refractivity contribution in [2.24, 2.45) is 0 Å². The Morgan fingerprint density at radius 2 is 1.63 bits per heavy atom. The fraction of sp³-hybridized carbons (Fsp3) is 0.125. The monoisotopic (exact) mass is 412 g/mol. The van der Waals surface area contributed by atoms with Crippen LogP contribution in [-0.4, -0.2) is 21.9 Å². The second-order valence-electron chi connectivity index (χ2n) is 6.80. The molecule has 0 fully saturated rings. The number of ether oxygens (including phenoxy) is 1. The van der Waals surface area contributed by atoms with Crippen LogP contribution in [0.4, 0.5) is 0 Å². The number of hydrogen-bond donors (Lipinski definition) is 0. The van der Waals surface area contributed by atoms with E-state index in [9.17, 15) is 0 Å². The van der Waals surface area contributed by atoms with Crippen LogP contribution in [0.3, 0.4) is 0 Å². The number of nitriles is 1. The predicted octanol–water partition coefficient (Wildman–Crippen LogP) is 5.42. The normalized spacial score (nSPS) is 10.6. The summed E-state index contributed by atoms with van der Waals surface area (Å²) in [7, 11) is 1.66. The highest BCUT2D eigenvalue weighted by Gasteiger charge is 2.16. The Bertz CT molecular complexity index is 1170. The molecular weight excluding hydrogens is 392 g/mol. The molecule has 148 valence electrons. The number of benzene rings is 3. The van der Waals surface area contributed by atoms with Crippen LogP contribution < -0.4 is 4.74 Å². The molecule has 5 nitrogen and oxygen atoms in total. The fourth-order valence-electron chi connectivity index (χ4n) is 3.04. The number of methoxy groups -OCH3 is 1. The molecule has 0 aliphatic heterocycles. The van der Waals surface area contributed by atoms with Crippen molar-refractivity contribution in [1.82, 2.24) is 14.8 Å². The van der Waals surface area contributed by atoms with Crippen LogP contribution in [0.5, 0.6) is 5.75 Å². The minimum absolute atomic E-state index is 0.659. The summed E-state index contributed by atoms with van der Waals surface area (Å²) in [5, 5.41) is 18.8. The first-order valence-electron chi connectivity index (χ1n) is 9.46. The van der Waals surface area contributed by atoms with Gasteiger partial charge in [-0.15, -0.1) is 10.2 Å². The van der Waals surface area contributed by atoms with Crippen LogP contribution >= 0.6 is 11.8 Å². The van der Waals surface area contributed by atoms with Crippen LogP contribution in [0.2, 0.25) is 0 Å². The number of aryl methyl sites for hydroxylation is 1. The Morgan fingerprint density at radius 1 is 0.933 bits per heavy atom. The van der Waals surface area contributed by atoms with Crippen molar-refractivity contribution in [3.63, 3.8) is 0 Å². The van der Waals surface area contributed by atoms with Gasteiger partial charge in [-0.3, -0.25) is 4.57 Å². The highest BCUT2D eigenvalue weighted by Crippen LogP contribution is 2.30. The van der Waals surface area contributed by atoms with E-state index in [1.165, 1.54) is 5.56 Å². The van der Waals surface area contributed by atoms with E-state index in [0.29, 0.717) is 5.56 Å². The molecule has 0 spiro atoms. The maximum atomic E-state index is 8.98. The summed E-state index contributed by atoms with van der Waals surface area (Å²) in [4.78, 5) is 0. The van der Waals surface area contributed by atoms with Gasteiger partial charge in [0.2, 0.25) is 0 Å². The molecule has 0 unspecified atom stereocenters. The minimum Gasteiger partial charge on any atom is -0.497 e. The smallest absolute Gasteiger partial charge is 0.196 e. The first-order valence-corrected chi connectivity index (χ1v) is 10.5. The van der Waals surface area contributed by atoms with Crippen molar-refractivity contribution in [1.29, 1.82) is 5.26 Å². The molecule has 0 aliphatic carbocycles. The van der Waals surface area contributed by atoms with E-state index in [1.807, 2.05) is 48.5 Å². The van der Waals surface area contributed by atoms with E-state index in [0.717, 1.165) is 39.3 Å². The number of aromatic nitrogens is 3. The Morgan fingerprint density at radius 3 is 2.27 bits per heavy atom. The standard InChI is InChI=1S/C24H20N4OS/c1-17-3-9-20(10-4-17)23-26-27-24(28(23)21-11-13-22(29-2)14-12-21)30-16-19-7-5-18(15-25)6-8-19/h3-14H,16H2,1-2H3. The third-order valence-electron chi connectivity index (χ3n) is 4.72. The lowest BCUT2D eigenvalue weighted by Crippen LogP contribution is -2.00. The van der Waals surface area contributed by atoms with Gasteiger partial charge in [0.05, 0.1) is 18.7 Å². The van der Waals surface area contributed by atoms with Gasteiger partial charge in [-0.25, -0.2) is 0 Å². The second kappa shape index (κ2) is 8.85. The van der Waals surface area contributed by atoms with Crippen molar-refractivity contribution in [2.75, 3.05) is 7.11 Å². The van der Waals surface area contributed by atoms with E-state index in [1.54, 1.807) is 18.9 Å². The lowest BCUT2D eigenvalue weighted by molar-refractivity contribution is 0.414. The molecule has 0 saturated heterocycles. The highest BCUT2D eigenvalue weighted by molar-refractivity contribution is 7.98. The van der Waals surface area contributed by atoms with Crippen LogP contribution in [0.1, 0.15) is 16.7 Å². The van der Waals surface area contributed by atoms with Crippen LogP contribution in [0.25, 0.3) is 17.1 Å². The molecule has 1 aromatic heterocycles. The molecule has 4 rings (SSSR count). The van der Waals surface area contributed by atoms with E-state index in [-0.39, 0.29) is 0 Å². The molecule has 0 N–H and O–H groups in total. The number of thioether (sulfide) groups is 1. The van der Waals surface area contributed by atoms with Crippen molar-refractivity contribution < 1.29 is 4.74 Å². The molecule has 3 aromatic carbocycles. The molecular formula is C24H20N4OS. The number of hydrogen-bond acceptors (Lipinski definition) is 5. The molecule has 0 saturated carbocycles. The van der Waals surface area contributed by atoms with Gasteiger partial charge in [0.25, 0.3) is 0 Å². The largest absolute Gasteiger partial charge is 0.497 e. The quantitative estimate of drug-likeness (QED) is 0.396. The summed E-state index contributed by atoms with van der Waals surface area (Å²) in [6.45, 7) is 2.07. The van der Waals surface area contributed by atoms with Gasteiger partial charge in [-0.1, -0.05) is 53.7 Å². The zero-order chi connectivity index (χ0) is 20.9. The molecule has 0 bridgehead atoms. The summed E-state index contributed by atoms with van der Waals surface area (Å²) < 4.78 is 7.37. The average molecular weight is 413 g/mol. The minimum atomic E-state index is 0.659.